The molecule has 0 atom stereocenters. The van der Waals surface area contributed by atoms with Crippen molar-refractivity contribution in [1.29, 1.82) is 0 Å². The molecule has 0 radical (unpaired) electrons. The van der Waals surface area contributed by atoms with Gasteiger partial charge in [-0.2, -0.15) is 0 Å². The molecule has 0 unspecified atom stereocenters. The lowest BCUT2D eigenvalue weighted by atomic mass is 10.3. The third kappa shape index (κ3) is 7.59. The molecule has 0 aromatic rings. The number of thioether (sulfide) groups is 1. The van der Waals surface area contributed by atoms with E-state index in [-0.39, 0.29) is 11.1 Å². The van der Waals surface area contributed by atoms with Crippen LogP contribution in [-0.4, -0.2) is 23.9 Å². The average Bonchev–Trinajstić information content (AvgIpc) is 2.12. The summed E-state index contributed by atoms with van der Waals surface area (Å²) in [7, 11) is 1.35. The van der Waals surface area contributed by atoms with E-state index in [1.165, 1.54) is 24.9 Å². The topological polar surface area (TPSA) is 43.4 Å². The van der Waals surface area contributed by atoms with Crippen LogP contribution in [-0.2, 0) is 14.3 Å². The largest absolute Gasteiger partial charge is 0.469 e. The second kappa shape index (κ2) is 7.86. The van der Waals surface area contributed by atoms with Crippen LogP contribution in [0.15, 0.2) is 12.2 Å². The fraction of sp³-hybridized carbons (Fsp3) is 0.556. The molecular weight excluding hydrogens is 188 g/mol. The second-order valence-electron chi connectivity index (χ2n) is 2.27. The fourth-order valence-electron chi connectivity index (χ4n) is 0.673. The minimum absolute atomic E-state index is 0.0346. The maximum atomic E-state index is 10.9. The lowest BCUT2D eigenvalue weighted by Crippen LogP contribution is -1.98. The molecule has 0 amide bonds. The first kappa shape index (κ1) is 12.2. The van der Waals surface area contributed by atoms with Crippen LogP contribution in [0, 0.1) is 0 Å². The first-order valence-corrected chi connectivity index (χ1v) is 5.09. The van der Waals surface area contributed by atoms with E-state index in [1.54, 1.807) is 6.08 Å². The molecule has 0 spiro atoms. The Labute approximate surface area is 82.5 Å². The highest BCUT2D eigenvalue weighted by Crippen LogP contribution is 2.02. The molecule has 0 rings (SSSR count). The maximum absolute atomic E-state index is 10.9. The van der Waals surface area contributed by atoms with Crippen LogP contribution in [0.4, 0.5) is 0 Å². The summed E-state index contributed by atoms with van der Waals surface area (Å²) in [5.74, 6) is 0.528. The van der Waals surface area contributed by atoms with E-state index in [2.05, 4.69) is 4.74 Å². The number of carbonyl (C=O) groups excluding carboxylic acids is 2. The summed E-state index contributed by atoms with van der Waals surface area (Å²) in [4.78, 5) is 21.6. The molecule has 0 aliphatic rings. The maximum Gasteiger partial charge on any atom is 0.305 e. The van der Waals surface area contributed by atoms with Crippen molar-refractivity contribution in [2.24, 2.45) is 0 Å². The van der Waals surface area contributed by atoms with Gasteiger partial charge in [0.1, 0.15) is 0 Å². The van der Waals surface area contributed by atoms with E-state index in [1.807, 2.05) is 6.92 Å². The van der Waals surface area contributed by atoms with Crippen LogP contribution in [0.1, 0.15) is 19.8 Å². The Hall–Kier alpha value is -0.770. The van der Waals surface area contributed by atoms with Gasteiger partial charge in [-0.1, -0.05) is 24.8 Å². The molecule has 0 aliphatic heterocycles. The van der Waals surface area contributed by atoms with Crippen LogP contribution in [0.2, 0.25) is 0 Å². The molecular formula is C9H14O3S. The van der Waals surface area contributed by atoms with Crippen LogP contribution in [0.5, 0.6) is 0 Å². The van der Waals surface area contributed by atoms with Crippen molar-refractivity contribution in [3.8, 4) is 0 Å². The Morgan fingerprint density at radius 1 is 1.46 bits per heavy atom. The van der Waals surface area contributed by atoms with E-state index in [9.17, 15) is 9.59 Å². The number of carbonyl (C=O) groups is 2. The van der Waals surface area contributed by atoms with Crippen LogP contribution in [0.25, 0.3) is 0 Å². The van der Waals surface area contributed by atoms with Crippen molar-refractivity contribution < 1.29 is 14.3 Å². The highest BCUT2D eigenvalue weighted by atomic mass is 32.2. The Morgan fingerprint density at radius 2 is 2.15 bits per heavy atom. The third-order valence-corrected chi connectivity index (χ3v) is 1.99. The predicted molar refractivity (Wildman–Crippen MR) is 53.5 cm³/mol. The summed E-state index contributed by atoms with van der Waals surface area (Å²) >= 11 is 1.25. The molecule has 3 nitrogen and oxygen atoms in total. The van der Waals surface area contributed by atoms with E-state index in [0.29, 0.717) is 12.8 Å². The zero-order valence-corrected chi connectivity index (χ0v) is 8.73. The molecule has 0 saturated carbocycles. The van der Waals surface area contributed by atoms with Gasteiger partial charge in [0.05, 0.1) is 7.11 Å². The zero-order valence-electron chi connectivity index (χ0n) is 7.91. The third-order valence-electron chi connectivity index (χ3n) is 1.28. The summed E-state index contributed by atoms with van der Waals surface area (Å²) in [6.07, 6.45) is 4.08. The van der Waals surface area contributed by atoms with Gasteiger partial charge in [0, 0.05) is 6.42 Å². The van der Waals surface area contributed by atoms with E-state index in [4.69, 9.17) is 0 Å². The number of allylic oxidation sites excluding steroid dienone is 1. The van der Waals surface area contributed by atoms with Crippen LogP contribution >= 0.6 is 11.8 Å². The van der Waals surface area contributed by atoms with Gasteiger partial charge >= 0.3 is 5.97 Å². The van der Waals surface area contributed by atoms with Crippen molar-refractivity contribution in [2.45, 2.75) is 19.8 Å². The number of hydrogen-bond donors (Lipinski definition) is 0. The Kier molecular flexibility index (Phi) is 7.39. The van der Waals surface area contributed by atoms with Gasteiger partial charge in [-0.25, -0.2) is 0 Å². The molecule has 0 aromatic heterocycles. The Morgan fingerprint density at radius 3 is 2.69 bits per heavy atom. The summed E-state index contributed by atoms with van der Waals surface area (Å²) in [6, 6.07) is 0. The number of esters is 1. The first-order valence-electron chi connectivity index (χ1n) is 4.10. The SMILES string of the molecule is CCSC(=O)/C=C/CCC(=O)OC. The highest BCUT2D eigenvalue weighted by molar-refractivity contribution is 8.14. The number of methoxy groups -OCH3 is 1. The number of rotatable bonds is 5. The molecule has 74 valence electrons. The predicted octanol–water partition coefficient (Wildman–Crippen LogP) is 1.78. The normalized spacial score (nSPS) is 10.3. The molecule has 13 heavy (non-hydrogen) atoms. The van der Waals surface area contributed by atoms with Crippen molar-refractivity contribution in [3.63, 3.8) is 0 Å². The lowest BCUT2D eigenvalue weighted by Gasteiger charge is -1.93. The molecule has 4 heteroatoms. The summed E-state index contributed by atoms with van der Waals surface area (Å²) < 4.78 is 4.44. The summed E-state index contributed by atoms with van der Waals surface area (Å²) in [5.41, 5.74) is 0. The minimum atomic E-state index is -0.250. The lowest BCUT2D eigenvalue weighted by molar-refractivity contribution is -0.140. The van der Waals surface area contributed by atoms with Gasteiger partial charge in [0.15, 0.2) is 0 Å². The van der Waals surface area contributed by atoms with Crippen molar-refractivity contribution in [2.75, 3.05) is 12.9 Å². The average molecular weight is 202 g/mol. The van der Waals surface area contributed by atoms with Crippen molar-refractivity contribution in [1.82, 2.24) is 0 Å². The van der Waals surface area contributed by atoms with E-state index < -0.39 is 0 Å². The van der Waals surface area contributed by atoms with Crippen LogP contribution < -0.4 is 0 Å². The standard InChI is InChI=1S/C9H14O3S/c1-3-13-9(11)7-5-4-6-8(10)12-2/h5,7H,3-4,6H2,1-2H3/b7-5+. The van der Waals surface area contributed by atoms with E-state index >= 15 is 0 Å². The summed E-state index contributed by atoms with van der Waals surface area (Å²) in [6.45, 7) is 1.92. The molecule has 0 saturated heterocycles. The Balaban J connectivity index is 3.51. The molecule has 0 fully saturated rings. The Bertz CT molecular complexity index is 199. The van der Waals surface area contributed by atoms with Crippen LogP contribution in [0.3, 0.4) is 0 Å². The molecule has 0 bridgehead atoms. The first-order chi connectivity index (χ1) is 6.20. The van der Waals surface area contributed by atoms with Gasteiger partial charge in [0.2, 0.25) is 5.12 Å². The highest BCUT2D eigenvalue weighted by Gasteiger charge is 1.97. The number of hydrogen-bond acceptors (Lipinski definition) is 4. The second-order valence-corrected chi connectivity index (χ2v) is 3.54. The van der Waals surface area contributed by atoms with Gasteiger partial charge in [0.25, 0.3) is 0 Å². The van der Waals surface area contributed by atoms with Gasteiger partial charge < -0.3 is 4.74 Å². The molecule has 0 heterocycles. The van der Waals surface area contributed by atoms with Crippen molar-refractivity contribution >= 4 is 22.8 Å². The number of ether oxygens (including phenoxy) is 1. The zero-order chi connectivity index (χ0) is 10.1. The van der Waals surface area contributed by atoms with Crippen molar-refractivity contribution in [3.05, 3.63) is 12.2 Å². The minimum Gasteiger partial charge on any atom is -0.469 e. The van der Waals surface area contributed by atoms with Gasteiger partial charge in [-0.15, -0.1) is 0 Å². The fourth-order valence-corrected chi connectivity index (χ4v) is 1.15. The summed E-state index contributed by atoms with van der Waals surface area (Å²) in [5, 5.41) is 0.0346. The molecule has 0 aliphatic carbocycles. The molecule has 0 aromatic carbocycles. The quantitative estimate of drug-likeness (QED) is 0.503. The van der Waals surface area contributed by atoms with E-state index in [0.717, 1.165) is 5.75 Å². The van der Waals surface area contributed by atoms with Gasteiger partial charge in [-0.05, 0) is 18.2 Å². The smallest absolute Gasteiger partial charge is 0.305 e. The van der Waals surface area contributed by atoms with Gasteiger partial charge in [-0.3, -0.25) is 9.59 Å². The monoisotopic (exact) mass is 202 g/mol. The molecule has 0 N–H and O–H groups in total.